The Morgan fingerprint density at radius 1 is 0.824 bits per heavy atom. The lowest BCUT2D eigenvalue weighted by molar-refractivity contribution is -0.137. The Kier molecular flexibility index (Phi) is 2.79. The van der Waals surface area contributed by atoms with Crippen molar-refractivity contribution in [1.82, 2.24) is 0 Å². The summed E-state index contributed by atoms with van der Waals surface area (Å²) in [6.07, 6.45) is -4.34. The largest absolute Gasteiger partial charge is 0.508 e. The van der Waals surface area contributed by atoms with Crippen LogP contribution in [0.2, 0.25) is 0 Å². The lowest BCUT2D eigenvalue weighted by Gasteiger charge is -2.08. The van der Waals surface area contributed by atoms with Crippen LogP contribution in [0.1, 0.15) is 5.56 Å². The van der Waals surface area contributed by atoms with Gasteiger partial charge in [-0.2, -0.15) is 13.2 Å². The van der Waals surface area contributed by atoms with Crippen molar-refractivity contribution in [3.8, 4) is 16.9 Å². The molecule has 0 saturated carbocycles. The summed E-state index contributed by atoms with van der Waals surface area (Å²) < 4.78 is 37.5. The highest BCUT2D eigenvalue weighted by Gasteiger charge is 2.30. The van der Waals surface area contributed by atoms with Crippen LogP contribution in [-0.4, -0.2) is 5.11 Å². The van der Waals surface area contributed by atoms with Gasteiger partial charge in [0.05, 0.1) is 5.56 Å². The molecule has 0 saturated heterocycles. The monoisotopic (exact) mass is 238 g/mol. The molecule has 2 rings (SSSR count). The lowest BCUT2D eigenvalue weighted by Crippen LogP contribution is -2.04. The molecule has 1 N–H and O–H groups in total. The second-order valence-corrected chi connectivity index (χ2v) is 3.63. The highest BCUT2D eigenvalue weighted by molar-refractivity contribution is 5.65. The number of phenolic OH excluding ortho intramolecular Hbond substituents is 1. The average Bonchev–Trinajstić information content (AvgIpc) is 2.29. The van der Waals surface area contributed by atoms with E-state index < -0.39 is 11.7 Å². The molecule has 0 aromatic heterocycles. The second kappa shape index (κ2) is 4.13. The quantitative estimate of drug-likeness (QED) is 0.793. The van der Waals surface area contributed by atoms with Crippen molar-refractivity contribution in [2.45, 2.75) is 6.18 Å². The first-order chi connectivity index (χ1) is 7.97. The summed E-state index contributed by atoms with van der Waals surface area (Å²) in [7, 11) is 0. The van der Waals surface area contributed by atoms with Crippen molar-refractivity contribution < 1.29 is 18.3 Å². The first kappa shape index (κ1) is 11.5. The van der Waals surface area contributed by atoms with Gasteiger partial charge >= 0.3 is 6.18 Å². The van der Waals surface area contributed by atoms with Crippen LogP contribution in [0.25, 0.3) is 11.1 Å². The van der Waals surface area contributed by atoms with Gasteiger partial charge in [-0.15, -0.1) is 0 Å². The van der Waals surface area contributed by atoms with Gasteiger partial charge in [-0.25, -0.2) is 0 Å². The second-order valence-electron chi connectivity index (χ2n) is 3.63. The molecule has 0 aliphatic carbocycles. The molecule has 0 aliphatic rings. The van der Waals surface area contributed by atoms with Crippen LogP contribution >= 0.6 is 0 Å². The van der Waals surface area contributed by atoms with Crippen molar-refractivity contribution in [3.63, 3.8) is 0 Å². The summed E-state index contributed by atoms with van der Waals surface area (Å²) in [5.74, 6) is 0.0840. The molecule has 4 heteroatoms. The minimum atomic E-state index is -4.34. The van der Waals surface area contributed by atoms with Crippen LogP contribution in [0.5, 0.6) is 5.75 Å². The summed E-state index contributed by atoms with van der Waals surface area (Å²) in [6, 6.07) is 11.1. The van der Waals surface area contributed by atoms with Crippen LogP contribution in [0.3, 0.4) is 0 Å². The Balaban J connectivity index is 2.43. The summed E-state index contributed by atoms with van der Waals surface area (Å²) in [4.78, 5) is 0. The van der Waals surface area contributed by atoms with E-state index in [1.165, 1.54) is 18.2 Å². The van der Waals surface area contributed by atoms with E-state index in [4.69, 9.17) is 5.11 Å². The third kappa shape index (κ3) is 2.58. The maximum Gasteiger partial charge on any atom is 0.416 e. The number of phenols is 1. The Bertz CT molecular complexity index is 515. The van der Waals surface area contributed by atoms with Crippen LogP contribution in [0, 0.1) is 0 Å². The van der Waals surface area contributed by atoms with Crippen LogP contribution in [-0.2, 0) is 6.18 Å². The molecule has 2 aromatic carbocycles. The van der Waals surface area contributed by atoms with Gasteiger partial charge in [-0.05, 0) is 35.4 Å². The highest BCUT2D eigenvalue weighted by atomic mass is 19.4. The molecule has 1 nitrogen and oxygen atoms in total. The van der Waals surface area contributed by atoms with Gasteiger partial charge in [0.2, 0.25) is 0 Å². The highest BCUT2D eigenvalue weighted by Crippen LogP contribution is 2.32. The fraction of sp³-hybridized carbons (Fsp3) is 0.0769. The zero-order chi connectivity index (χ0) is 12.5. The van der Waals surface area contributed by atoms with E-state index in [0.29, 0.717) is 11.1 Å². The number of hydrogen-bond acceptors (Lipinski definition) is 1. The van der Waals surface area contributed by atoms with Gasteiger partial charge in [0.25, 0.3) is 0 Å². The molecule has 0 fully saturated rings. The van der Waals surface area contributed by atoms with Gasteiger partial charge in [0, 0.05) is 0 Å². The summed E-state index contributed by atoms with van der Waals surface area (Å²) in [5, 5.41) is 9.11. The normalized spacial score (nSPS) is 11.5. The van der Waals surface area contributed by atoms with Gasteiger partial charge in [-0.3, -0.25) is 0 Å². The van der Waals surface area contributed by atoms with E-state index in [-0.39, 0.29) is 5.75 Å². The fourth-order valence-corrected chi connectivity index (χ4v) is 1.53. The first-order valence-corrected chi connectivity index (χ1v) is 4.93. The van der Waals surface area contributed by atoms with Crippen molar-refractivity contribution in [1.29, 1.82) is 0 Å². The Morgan fingerprint density at radius 2 is 1.47 bits per heavy atom. The maximum atomic E-state index is 12.5. The van der Waals surface area contributed by atoms with E-state index >= 15 is 0 Å². The molecular weight excluding hydrogens is 229 g/mol. The van der Waals surface area contributed by atoms with E-state index in [9.17, 15) is 13.2 Å². The van der Waals surface area contributed by atoms with Gasteiger partial charge in [0.1, 0.15) is 5.75 Å². The molecule has 0 amide bonds. The van der Waals surface area contributed by atoms with Gasteiger partial charge < -0.3 is 5.11 Å². The number of benzene rings is 2. The van der Waals surface area contributed by atoms with Crippen LogP contribution < -0.4 is 0 Å². The SMILES string of the molecule is Oc1ccc(-c2cccc(C(F)(F)F)c2)cc1. The van der Waals surface area contributed by atoms with Crippen LogP contribution in [0.4, 0.5) is 13.2 Å². The Morgan fingerprint density at radius 3 is 2.06 bits per heavy atom. The third-order valence-corrected chi connectivity index (χ3v) is 2.39. The Hall–Kier alpha value is -1.97. The van der Waals surface area contributed by atoms with E-state index in [1.54, 1.807) is 18.2 Å². The van der Waals surface area contributed by atoms with Gasteiger partial charge in [-0.1, -0.05) is 24.3 Å². The van der Waals surface area contributed by atoms with Crippen molar-refractivity contribution in [2.75, 3.05) is 0 Å². The molecule has 2 aromatic rings. The predicted octanol–water partition coefficient (Wildman–Crippen LogP) is 4.08. The zero-order valence-electron chi connectivity index (χ0n) is 8.70. The molecule has 0 bridgehead atoms. The maximum absolute atomic E-state index is 12.5. The number of halogens is 3. The molecular formula is C13H9F3O. The third-order valence-electron chi connectivity index (χ3n) is 2.39. The van der Waals surface area contributed by atoms with Crippen molar-refractivity contribution in [3.05, 3.63) is 54.1 Å². The van der Waals surface area contributed by atoms with E-state index in [0.717, 1.165) is 12.1 Å². The average molecular weight is 238 g/mol. The zero-order valence-corrected chi connectivity index (χ0v) is 8.70. The first-order valence-electron chi connectivity index (χ1n) is 4.93. The van der Waals surface area contributed by atoms with Crippen LogP contribution in [0.15, 0.2) is 48.5 Å². The molecule has 88 valence electrons. The number of hydrogen-bond donors (Lipinski definition) is 1. The number of alkyl halides is 3. The Labute approximate surface area is 96.1 Å². The van der Waals surface area contributed by atoms with Gasteiger partial charge in [0.15, 0.2) is 0 Å². The number of aromatic hydroxyl groups is 1. The van der Waals surface area contributed by atoms with E-state index in [1.807, 2.05) is 0 Å². The molecule has 0 heterocycles. The summed E-state index contributed by atoms with van der Waals surface area (Å²) in [6.45, 7) is 0. The smallest absolute Gasteiger partial charge is 0.416 e. The molecule has 0 aliphatic heterocycles. The minimum absolute atomic E-state index is 0.0840. The molecule has 0 spiro atoms. The molecule has 0 unspecified atom stereocenters. The topological polar surface area (TPSA) is 20.2 Å². The molecule has 0 radical (unpaired) electrons. The van der Waals surface area contributed by atoms with Crippen molar-refractivity contribution in [2.24, 2.45) is 0 Å². The number of rotatable bonds is 1. The lowest BCUT2D eigenvalue weighted by atomic mass is 10.0. The molecule has 0 atom stereocenters. The summed E-state index contributed by atoms with van der Waals surface area (Å²) >= 11 is 0. The van der Waals surface area contributed by atoms with E-state index in [2.05, 4.69) is 0 Å². The molecule has 17 heavy (non-hydrogen) atoms. The van der Waals surface area contributed by atoms with Crippen molar-refractivity contribution >= 4 is 0 Å². The summed E-state index contributed by atoms with van der Waals surface area (Å²) in [5.41, 5.74) is 0.428. The fourth-order valence-electron chi connectivity index (χ4n) is 1.53. The predicted molar refractivity (Wildman–Crippen MR) is 58.5 cm³/mol. The standard InChI is InChI=1S/C13H9F3O/c14-13(15,16)11-3-1-2-10(8-11)9-4-6-12(17)7-5-9/h1-8,17H. The minimum Gasteiger partial charge on any atom is -0.508 e.